The molecule has 0 bridgehead atoms. The Kier molecular flexibility index (Phi) is 6.13. The maximum absolute atomic E-state index is 12.0. The van der Waals surface area contributed by atoms with Crippen molar-refractivity contribution in [2.75, 3.05) is 0 Å². The SMILES string of the molecule is Cc1cccc(C(=O)NN=Cc2ccc(C=Nc3cccc(Cl)c3)cc2)c1. The highest BCUT2D eigenvalue weighted by Gasteiger charge is 2.03. The molecule has 0 saturated carbocycles. The van der Waals surface area contributed by atoms with Gasteiger partial charge in [0.15, 0.2) is 0 Å². The molecule has 0 aromatic heterocycles. The molecule has 27 heavy (non-hydrogen) atoms. The predicted molar refractivity (Wildman–Crippen MR) is 111 cm³/mol. The predicted octanol–water partition coefficient (Wildman–Crippen LogP) is 5.16. The molecule has 0 aliphatic carbocycles. The van der Waals surface area contributed by atoms with Crippen LogP contribution in [0.1, 0.15) is 27.0 Å². The number of aliphatic imine (C=N–C) groups is 1. The Morgan fingerprint density at radius 1 is 0.926 bits per heavy atom. The van der Waals surface area contributed by atoms with Crippen LogP contribution in [0.3, 0.4) is 0 Å². The number of nitrogens with one attached hydrogen (secondary N) is 1. The van der Waals surface area contributed by atoms with Crippen molar-refractivity contribution in [1.29, 1.82) is 0 Å². The van der Waals surface area contributed by atoms with Crippen LogP contribution < -0.4 is 5.43 Å². The molecule has 1 amide bonds. The second-order valence-corrected chi connectivity index (χ2v) is 6.41. The van der Waals surface area contributed by atoms with Gasteiger partial charge in [0.1, 0.15) is 0 Å². The van der Waals surface area contributed by atoms with E-state index < -0.39 is 0 Å². The van der Waals surface area contributed by atoms with Crippen LogP contribution in [0.2, 0.25) is 5.02 Å². The largest absolute Gasteiger partial charge is 0.271 e. The minimum Gasteiger partial charge on any atom is -0.267 e. The zero-order valence-corrected chi connectivity index (χ0v) is 15.5. The quantitative estimate of drug-likeness (QED) is 0.485. The molecule has 0 spiro atoms. The van der Waals surface area contributed by atoms with Crippen LogP contribution in [0.15, 0.2) is 82.9 Å². The van der Waals surface area contributed by atoms with Gasteiger partial charge in [-0.15, -0.1) is 0 Å². The summed E-state index contributed by atoms with van der Waals surface area (Å²) in [5.41, 5.74) is 6.77. The molecule has 3 aromatic rings. The molecule has 134 valence electrons. The van der Waals surface area contributed by atoms with E-state index in [-0.39, 0.29) is 5.91 Å². The van der Waals surface area contributed by atoms with Crippen LogP contribution in [0.25, 0.3) is 0 Å². The summed E-state index contributed by atoms with van der Waals surface area (Å²) in [6.07, 6.45) is 3.37. The molecule has 3 aromatic carbocycles. The lowest BCUT2D eigenvalue weighted by molar-refractivity contribution is 0.0955. The van der Waals surface area contributed by atoms with E-state index in [4.69, 9.17) is 11.6 Å². The Morgan fingerprint density at radius 3 is 2.33 bits per heavy atom. The molecule has 0 unspecified atom stereocenters. The second-order valence-electron chi connectivity index (χ2n) is 5.97. The molecule has 5 heteroatoms. The molecule has 0 heterocycles. The van der Waals surface area contributed by atoms with Crippen LogP contribution in [0, 0.1) is 6.92 Å². The van der Waals surface area contributed by atoms with E-state index in [0.717, 1.165) is 22.4 Å². The summed E-state index contributed by atoms with van der Waals surface area (Å²) in [5.74, 6) is -0.236. The Hall–Kier alpha value is -3.24. The van der Waals surface area contributed by atoms with E-state index in [1.165, 1.54) is 0 Å². The normalized spacial score (nSPS) is 11.2. The lowest BCUT2D eigenvalue weighted by Gasteiger charge is -2.01. The monoisotopic (exact) mass is 375 g/mol. The summed E-state index contributed by atoms with van der Waals surface area (Å²) in [5, 5.41) is 4.66. The van der Waals surface area contributed by atoms with Gasteiger partial charge in [0.05, 0.1) is 11.9 Å². The van der Waals surface area contributed by atoms with E-state index >= 15 is 0 Å². The Morgan fingerprint density at radius 2 is 1.63 bits per heavy atom. The van der Waals surface area contributed by atoms with Crippen molar-refractivity contribution in [3.8, 4) is 0 Å². The summed E-state index contributed by atoms with van der Waals surface area (Å²) in [6.45, 7) is 1.94. The standard InChI is InChI=1S/C22H18ClN3O/c1-16-4-2-5-19(12-16)22(27)26-25-15-18-10-8-17(9-11-18)14-24-21-7-3-6-20(23)13-21/h2-15H,1H3,(H,26,27). The van der Waals surface area contributed by atoms with E-state index in [0.29, 0.717) is 10.6 Å². The van der Waals surface area contributed by atoms with E-state index in [1.807, 2.05) is 67.6 Å². The first kappa shape index (κ1) is 18.5. The molecule has 1 N–H and O–H groups in total. The third kappa shape index (κ3) is 5.62. The fourth-order valence-electron chi connectivity index (χ4n) is 2.39. The number of aryl methyl sites for hydroxylation is 1. The molecule has 4 nitrogen and oxygen atoms in total. The highest BCUT2D eigenvalue weighted by atomic mass is 35.5. The van der Waals surface area contributed by atoms with Crippen molar-refractivity contribution in [3.05, 3.63) is 100 Å². The van der Waals surface area contributed by atoms with Crippen molar-refractivity contribution in [2.45, 2.75) is 6.92 Å². The summed E-state index contributed by atoms with van der Waals surface area (Å²) >= 11 is 5.95. The molecule has 3 rings (SSSR count). The highest BCUT2D eigenvalue weighted by Crippen LogP contribution is 2.17. The van der Waals surface area contributed by atoms with Gasteiger partial charge in [-0.3, -0.25) is 9.79 Å². The van der Waals surface area contributed by atoms with Crippen LogP contribution in [0.5, 0.6) is 0 Å². The van der Waals surface area contributed by atoms with Crippen molar-refractivity contribution < 1.29 is 4.79 Å². The number of amides is 1. The molecule has 0 fully saturated rings. The minimum atomic E-state index is -0.236. The molecule has 0 radical (unpaired) electrons. The zero-order valence-electron chi connectivity index (χ0n) is 14.8. The fourth-order valence-corrected chi connectivity index (χ4v) is 2.57. The van der Waals surface area contributed by atoms with Gasteiger partial charge in [-0.1, -0.05) is 59.6 Å². The van der Waals surface area contributed by atoms with Gasteiger partial charge < -0.3 is 0 Å². The van der Waals surface area contributed by atoms with E-state index in [9.17, 15) is 4.79 Å². The lowest BCUT2D eigenvalue weighted by Crippen LogP contribution is -2.17. The number of hydrogen-bond donors (Lipinski definition) is 1. The third-order valence-corrected chi connectivity index (χ3v) is 4.00. The number of halogens is 1. The van der Waals surface area contributed by atoms with Gasteiger partial charge in [0.25, 0.3) is 5.91 Å². The van der Waals surface area contributed by atoms with Gasteiger partial charge in [-0.25, -0.2) is 5.43 Å². The van der Waals surface area contributed by atoms with Gasteiger partial charge in [-0.05, 0) is 48.4 Å². The average molecular weight is 376 g/mol. The van der Waals surface area contributed by atoms with Crippen LogP contribution in [-0.2, 0) is 0 Å². The zero-order chi connectivity index (χ0) is 19.1. The smallest absolute Gasteiger partial charge is 0.267 e. The summed E-state index contributed by atoms with van der Waals surface area (Å²) in [7, 11) is 0. The average Bonchev–Trinajstić information content (AvgIpc) is 2.67. The fraction of sp³-hybridized carbons (Fsp3) is 0.0455. The molecule has 0 aliphatic rings. The highest BCUT2D eigenvalue weighted by molar-refractivity contribution is 6.30. The molecule has 0 saturated heterocycles. The van der Waals surface area contributed by atoms with Gasteiger partial charge in [0, 0.05) is 16.8 Å². The number of hydrazone groups is 1. The number of nitrogens with zero attached hydrogens (tertiary/aromatic N) is 2. The van der Waals surface area contributed by atoms with Crippen LogP contribution in [0.4, 0.5) is 5.69 Å². The third-order valence-electron chi connectivity index (χ3n) is 3.77. The van der Waals surface area contributed by atoms with Gasteiger partial charge in [0.2, 0.25) is 0 Å². The van der Waals surface area contributed by atoms with Crippen molar-refractivity contribution in [1.82, 2.24) is 5.43 Å². The number of carbonyl (C=O) groups is 1. The number of carbonyl (C=O) groups excluding carboxylic acids is 1. The van der Waals surface area contributed by atoms with Crippen LogP contribution >= 0.6 is 11.6 Å². The number of rotatable bonds is 5. The van der Waals surface area contributed by atoms with E-state index in [1.54, 1.807) is 24.6 Å². The first-order chi connectivity index (χ1) is 13.1. The summed E-state index contributed by atoms with van der Waals surface area (Å²) < 4.78 is 0. The van der Waals surface area contributed by atoms with Crippen LogP contribution in [-0.4, -0.2) is 18.3 Å². The topological polar surface area (TPSA) is 53.8 Å². The maximum atomic E-state index is 12.0. The Balaban J connectivity index is 1.58. The van der Waals surface area contributed by atoms with Gasteiger partial charge in [-0.2, -0.15) is 5.10 Å². The van der Waals surface area contributed by atoms with Crippen molar-refractivity contribution >= 4 is 35.6 Å². The Labute approximate surface area is 163 Å². The van der Waals surface area contributed by atoms with Gasteiger partial charge >= 0.3 is 0 Å². The first-order valence-electron chi connectivity index (χ1n) is 8.40. The maximum Gasteiger partial charge on any atom is 0.271 e. The van der Waals surface area contributed by atoms with Crippen molar-refractivity contribution in [3.63, 3.8) is 0 Å². The number of benzene rings is 3. The van der Waals surface area contributed by atoms with Crippen molar-refractivity contribution in [2.24, 2.45) is 10.1 Å². The minimum absolute atomic E-state index is 0.236. The lowest BCUT2D eigenvalue weighted by atomic mass is 10.1. The molecular weight excluding hydrogens is 358 g/mol. The summed E-state index contributed by atoms with van der Waals surface area (Å²) in [6, 6.07) is 22.4. The van der Waals surface area contributed by atoms with E-state index in [2.05, 4.69) is 15.5 Å². The molecule has 0 aliphatic heterocycles. The molecular formula is C22H18ClN3O. The Bertz CT molecular complexity index is 994. The number of hydrogen-bond acceptors (Lipinski definition) is 3. The molecule has 0 atom stereocenters. The second kappa shape index (κ2) is 8.92. The summed E-state index contributed by atoms with van der Waals surface area (Å²) in [4.78, 5) is 16.4. The first-order valence-corrected chi connectivity index (χ1v) is 8.78.